The van der Waals surface area contributed by atoms with Crippen molar-refractivity contribution in [3.8, 4) is 0 Å². The van der Waals surface area contributed by atoms with Gasteiger partial charge in [-0.05, 0) is 19.7 Å². The first-order chi connectivity index (χ1) is 9.94. The molecule has 1 N–H and O–H groups in total. The third-order valence-corrected chi connectivity index (χ3v) is 3.35. The third kappa shape index (κ3) is 3.98. The highest BCUT2D eigenvalue weighted by Gasteiger charge is 2.30. The van der Waals surface area contributed by atoms with E-state index in [2.05, 4.69) is 5.32 Å². The summed E-state index contributed by atoms with van der Waals surface area (Å²) in [7, 11) is 1.78. The van der Waals surface area contributed by atoms with Crippen LogP contribution in [0.3, 0.4) is 0 Å². The van der Waals surface area contributed by atoms with Crippen molar-refractivity contribution < 1.29 is 17.6 Å². The number of alkyl halides is 3. The van der Waals surface area contributed by atoms with Gasteiger partial charge in [0, 0.05) is 17.5 Å². The minimum atomic E-state index is -4.20. The van der Waals surface area contributed by atoms with Crippen molar-refractivity contribution in [3.05, 3.63) is 35.6 Å². The number of hydrogen-bond acceptors (Lipinski definition) is 3. The van der Waals surface area contributed by atoms with Crippen molar-refractivity contribution in [2.45, 2.75) is 26.2 Å². The molecule has 0 saturated heterocycles. The lowest BCUT2D eigenvalue weighted by Gasteiger charge is -2.22. The molecule has 0 aliphatic carbocycles. The number of hydrogen-bond donors (Lipinski definition) is 1. The van der Waals surface area contributed by atoms with Crippen LogP contribution in [0.25, 0.3) is 11.0 Å². The normalized spacial score (nSPS) is 12.5. The van der Waals surface area contributed by atoms with Crippen molar-refractivity contribution in [2.24, 2.45) is 0 Å². The SMILES string of the molecule is CCN(Cc1c(CNC)oc2ccccc12)CC(F)(F)F. The molecule has 116 valence electrons. The van der Waals surface area contributed by atoms with Gasteiger partial charge in [-0.15, -0.1) is 0 Å². The second-order valence-electron chi connectivity index (χ2n) is 4.95. The van der Waals surface area contributed by atoms with Crippen LogP contribution in [-0.2, 0) is 13.1 Å². The highest BCUT2D eigenvalue weighted by Crippen LogP contribution is 2.28. The molecule has 2 rings (SSSR count). The molecule has 0 aliphatic heterocycles. The Kier molecular flexibility index (Phi) is 4.90. The summed E-state index contributed by atoms with van der Waals surface area (Å²) in [6.07, 6.45) is -4.20. The van der Waals surface area contributed by atoms with E-state index >= 15 is 0 Å². The summed E-state index contributed by atoms with van der Waals surface area (Å²) in [5, 5.41) is 3.87. The average Bonchev–Trinajstić information content (AvgIpc) is 2.75. The smallest absolute Gasteiger partial charge is 0.401 e. The van der Waals surface area contributed by atoms with Gasteiger partial charge in [0.2, 0.25) is 0 Å². The summed E-state index contributed by atoms with van der Waals surface area (Å²) < 4.78 is 43.6. The van der Waals surface area contributed by atoms with Crippen LogP contribution in [0.15, 0.2) is 28.7 Å². The van der Waals surface area contributed by atoms with Gasteiger partial charge in [0.15, 0.2) is 0 Å². The van der Waals surface area contributed by atoms with Crippen LogP contribution in [0.2, 0.25) is 0 Å². The maximum Gasteiger partial charge on any atom is 0.401 e. The fourth-order valence-electron chi connectivity index (χ4n) is 2.38. The summed E-state index contributed by atoms with van der Waals surface area (Å²) in [6.45, 7) is 1.86. The summed E-state index contributed by atoms with van der Waals surface area (Å²) in [4.78, 5) is 1.37. The molecule has 1 aromatic carbocycles. The standard InChI is InChI=1S/C15H19F3N2O/c1-3-20(10-15(16,17)18)9-12-11-6-4-5-7-13(11)21-14(12)8-19-2/h4-7,19H,3,8-10H2,1-2H3. The Hall–Kier alpha value is -1.53. The van der Waals surface area contributed by atoms with Crippen molar-refractivity contribution in [1.82, 2.24) is 10.2 Å². The van der Waals surface area contributed by atoms with Crippen LogP contribution in [0.5, 0.6) is 0 Å². The van der Waals surface area contributed by atoms with Gasteiger partial charge in [-0.25, -0.2) is 0 Å². The first kappa shape index (κ1) is 15.9. The zero-order valence-corrected chi connectivity index (χ0v) is 12.1. The van der Waals surface area contributed by atoms with Gasteiger partial charge >= 0.3 is 6.18 Å². The summed E-state index contributed by atoms with van der Waals surface area (Å²) in [5.41, 5.74) is 1.53. The maximum absolute atomic E-state index is 12.6. The molecular weight excluding hydrogens is 281 g/mol. The molecule has 21 heavy (non-hydrogen) atoms. The molecule has 1 aromatic heterocycles. The summed E-state index contributed by atoms with van der Waals surface area (Å²) >= 11 is 0. The number of benzene rings is 1. The second kappa shape index (κ2) is 6.49. The average molecular weight is 300 g/mol. The molecule has 6 heteroatoms. The summed E-state index contributed by atoms with van der Waals surface area (Å²) in [5.74, 6) is 0.694. The molecule has 0 bridgehead atoms. The van der Waals surface area contributed by atoms with E-state index in [1.165, 1.54) is 4.90 Å². The number of nitrogens with zero attached hydrogens (tertiary/aromatic N) is 1. The first-order valence-corrected chi connectivity index (χ1v) is 6.87. The second-order valence-corrected chi connectivity index (χ2v) is 4.95. The molecule has 0 aliphatic rings. The first-order valence-electron chi connectivity index (χ1n) is 6.87. The quantitative estimate of drug-likeness (QED) is 0.884. The van der Waals surface area contributed by atoms with Gasteiger partial charge in [0.1, 0.15) is 11.3 Å². The lowest BCUT2D eigenvalue weighted by atomic mass is 10.1. The molecule has 0 spiro atoms. The van der Waals surface area contributed by atoms with Gasteiger partial charge < -0.3 is 9.73 Å². The number of para-hydroxylation sites is 1. The molecule has 2 aromatic rings. The maximum atomic E-state index is 12.6. The Morgan fingerprint density at radius 1 is 1.24 bits per heavy atom. The lowest BCUT2D eigenvalue weighted by Crippen LogP contribution is -2.33. The lowest BCUT2D eigenvalue weighted by molar-refractivity contribution is -0.146. The molecule has 0 unspecified atom stereocenters. The predicted molar refractivity (Wildman–Crippen MR) is 76.0 cm³/mol. The van der Waals surface area contributed by atoms with Gasteiger partial charge in [-0.3, -0.25) is 4.90 Å². The fraction of sp³-hybridized carbons (Fsp3) is 0.467. The Labute approximate surface area is 121 Å². The third-order valence-electron chi connectivity index (χ3n) is 3.35. The van der Waals surface area contributed by atoms with Crippen molar-refractivity contribution >= 4 is 11.0 Å². The van der Waals surface area contributed by atoms with Gasteiger partial charge in [-0.2, -0.15) is 13.2 Å². The van der Waals surface area contributed by atoms with Crippen molar-refractivity contribution in [3.63, 3.8) is 0 Å². The minimum absolute atomic E-state index is 0.226. The molecule has 0 atom stereocenters. The molecule has 0 radical (unpaired) electrons. The zero-order chi connectivity index (χ0) is 15.5. The molecule has 0 fully saturated rings. The van der Waals surface area contributed by atoms with E-state index in [9.17, 15) is 13.2 Å². The Morgan fingerprint density at radius 2 is 1.95 bits per heavy atom. The zero-order valence-electron chi connectivity index (χ0n) is 12.1. The fourth-order valence-corrected chi connectivity index (χ4v) is 2.38. The van der Waals surface area contributed by atoms with Gasteiger partial charge in [0.25, 0.3) is 0 Å². The molecular formula is C15H19F3N2O. The van der Waals surface area contributed by atoms with E-state index in [0.717, 1.165) is 10.9 Å². The molecule has 1 heterocycles. The van der Waals surface area contributed by atoms with Crippen LogP contribution in [-0.4, -0.2) is 31.2 Å². The molecule has 0 amide bonds. The highest BCUT2D eigenvalue weighted by molar-refractivity contribution is 5.82. The number of furan rings is 1. The minimum Gasteiger partial charge on any atom is -0.459 e. The number of fused-ring (bicyclic) bond motifs is 1. The highest BCUT2D eigenvalue weighted by atomic mass is 19.4. The number of rotatable bonds is 6. The van der Waals surface area contributed by atoms with E-state index in [-0.39, 0.29) is 6.54 Å². The monoisotopic (exact) mass is 300 g/mol. The van der Waals surface area contributed by atoms with Gasteiger partial charge in [-0.1, -0.05) is 25.1 Å². The Bertz CT molecular complexity index is 592. The van der Waals surface area contributed by atoms with Crippen molar-refractivity contribution in [1.29, 1.82) is 0 Å². The number of nitrogens with one attached hydrogen (secondary N) is 1. The van der Waals surface area contributed by atoms with Crippen LogP contribution >= 0.6 is 0 Å². The van der Waals surface area contributed by atoms with E-state index < -0.39 is 12.7 Å². The van der Waals surface area contributed by atoms with Crippen LogP contribution < -0.4 is 5.32 Å². The molecule has 3 nitrogen and oxygen atoms in total. The Morgan fingerprint density at radius 3 is 2.57 bits per heavy atom. The summed E-state index contributed by atoms with van der Waals surface area (Å²) in [6, 6.07) is 7.43. The van der Waals surface area contributed by atoms with Gasteiger partial charge in [0.05, 0.1) is 13.1 Å². The van der Waals surface area contributed by atoms with Crippen LogP contribution in [0.4, 0.5) is 13.2 Å². The predicted octanol–water partition coefficient (Wildman–Crippen LogP) is 3.54. The van der Waals surface area contributed by atoms with Crippen molar-refractivity contribution in [2.75, 3.05) is 20.1 Å². The van der Waals surface area contributed by atoms with Crippen LogP contribution in [0, 0.1) is 0 Å². The Balaban J connectivity index is 2.32. The largest absolute Gasteiger partial charge is 0.459 e. The number of halogens is 3. The van der Waals surface area contributed by atoms with E-state index in [0.29, 0.717) is 24.4 Å². The van der Waals surface area contributed by atoms with E-state index in [1.54, 1.807) is 14.0 Å². The molecule has 0 saturated carbocycles. The van der Waals surface area contributed by atoms with Crippen LogP contribution in [0.1, 0.15) is 18.2 Å². The van der Waals surface area contributed by atoms with E-state index in [1.807, 2.05) is 24.3 Å². The topological polar surface area (TPSA) is 28.4 Å². The van der Waals surface area contributed by atoms with E-state index in [4.69, 9.17) is 4.42 Å².